The minimum atomic E-state index is 0.619. The Bertz CT molecular complexity index is 398. The van der Waals surface area contributed by atoms with Crippen molar-refractivity contribution in [1.82, 2.24) is 14.8 Å². The van der Waals surface area contributed by atoms with Crippen LogP contribution in [0.15, 0.2) is 0 Å². The number of nitrogens with one attached hydrogen (secondary N) is 1. The van der Waals surface area contributed by atoms with Gasteiger partial charge in [-0.2, -0.15) is 0 Å². The second-order valence-electron chi connectivity index (χ2n) is 4.48. The first-order valence-corrected chi connectivity index (χ1v) is 6.19. The third kappa shape index (κ3) is 1.69. The van der Waals surface area contributed by atoms with E-state index in [1.807, 2.05) is 0 Å². The highest BCUT2D eigenvalue weighted by Gasteiger charge is 2.29. The summed E-state index contributed by atoms with van der Waals surface area (Å²) in [5.74, 6) is 1.07. The Labute approximate surface area is 94.3 Å². The first-order chi connectivity index (χ1) is 7.36. The summed E-state index contributed by atoms with van der Waals surface area (Å²) in [6.07, 6.45) is 6.43. The smallest absolute Gasteiger partial charge is 0.225 e. The van der Waals surface area contributed by atoms with E-state index in [1.165, 1.54) is 32.1 Å². The summed E-state index contributed by atoms with van der Waals surface area (Å²) in [4.78, 5) is 2.37. The fraction of sp³-hybridized carbons (Fsp3) is 0.800. The minimum absolute atomic E-state index is 0.619. The third-order valence-electron chi connectivity index (χ3n) is 3.24. The molecule has 2 aliphatic rings. The van der Waals surface area contributed by atoms with E-state index in [1.54, 1.807) is 0 Å². The fourth-order valence-corrected chi connectivity index (χ4v) is 2.55. The normalized spacial score (nSPS) is 22.0. The molecule has 0 aromatic carbocycles. The summed E-state index contributed by atoms with van der Waals surface area (Å²) >= 11 is 5.28. The molecule has 2 heterocycles. The van der Waals surface area contributed by atoms with Crippen molar-refractivity contribution in [2.75, 3.05) is 18.0 Å². The monoisotopic (exact) mass is 224 g/mol. The molecule has 0 atom stereocenters. The van der Waals surface area contributed by atoms with Crippen LogP contribution in [0.3, 0.4) is 0 Å². The van der Waals surface area contributed by atoms with Gasteiger partial charge < -0.3 is 4.90 Å². The molecule has 1 aromatic rings. The highest BCUT2D eigenvalue weighted by atomic mass is 32.1. The summed E-state index contributed by atoms with van der Waals surface area (Å²) in [5.41, 5.74) is 0. The van der Waals surface area contributed by atoms with E-state index in [9.17, 15) is 0 Å². The van der Waals surface area contributed by atoms with Gasteiger partial charge in [0.1, 0.15) is 0 Å². The molecular formula is C10H16N4S. The van der Waals surface area contributed by atoms with E-state index in [0.29, 0.717) is 6.04 Å². The van der Waals surface area contributed by atoms with Crippen LogP contribution >= 0.6 is 12.2 Å². The zero-order valence-electron chi connectivity index (χ0n) is 8.78. The summed E-state index contributed by atoms with van der Waals surface area (Å²) < 4.78 is 3.00. The molecule has 1 aliphatic carbocycles. The van der Waals surface area contributed by atoms with E-state index in [2.05, 4.69) is 19.7 Å². The molecule has 0 spiro atoms. The van der Waals surface area contributed by atoms with Crippen molar-refractivity contribution in [3.63, 3.8) is 0 Å². The molecule has 0 amide bonds. The first-order valence-electron chi connectivity index (χ1n) is 5.78. The molecule has 82 valence electrons. The molecule has 1 aromatic heterocycles. The van der Waals surface area contributed by atoms with Gasteiger partial charge >= 0.3 is 0 Å². The molecular weight excluding hydrogens is 208 g/mol. The Hall–Kier alpha value is -0.840. The van der Waals surface area contributed by atoms with E-state index >= 15 is 0 Å². The lowest BCUT2D eigenvalue weighted by atomic mass is 10.1. The van der Waals surface area contributed by atoms with Gasteiger partial charge in [-0.1, -0.05) is 0 Å². The number of nitrogens with zero attached hydrogens (tertiary/aromatic N) is 3. The number of anilines is 1. The van der Waals surface area contributed by atoms with E-state index in [-0.39, 0.29) is 0 Å². The number of hydrogen-bond donors (Lipinski definition) is 1. The van der Waals surface area contributed by atoms with Crippen molar-refractivity contribution >= 4 is 18.2 Å². The van der Waals surface area contributed by atoms with Crippen molar-refractivity contribution < 1.29 is 0 Å². The predicted molar refractivity (Wildman–Crippen MR) is 61.7 cm³/mol. The zero-order chi connectivity index (χ0) is 10.3. The number of aromatic amines is 1. The van der Waals surface area contributed by atoms with Crippen LogP contribution in [0, 0.1) is 4.77 Å². The predicted octanol–water partition coefficient (Wildman–Crippen LogP) is 2.27. The highest BCUT2D eigenvalue weighted by Crippen LogP contribution is 2.38. The van der Waals surface area contributed by atoms with Crippen LogP contribution < -0.4 is 4.90 Å². The lowest BCUT2D eigenvalue weighted by Crippen LogP contribution is -2.31. The Morgan fingerprint density at radius 3 is 2.60 bits per heavy atom. The maximum absolute atomic E-state index is 5.28. The van der Waals surface area contributed by atoms with Crippen molar-refractivity contribution in [2.45, 2.75) is 38.1 Å². The minimum Gasteiger partial charge on any atom is -0.341 e. The van der Waals surface area contributed by atoms with Crippen LogP contribution in [0.4, 0.5) is 5.95 Å². The van der Waals surface area contributed by atoms with Gasteiger partial charge in [0.05, 0.1) is 0 Å². The molecule has 3 rings (SSSR count). The van der Waals surface area contributed by atoms with Crippen LogP contribution in [0.1, 0.15) is 38.1 Å². The zero-order valence-corrected chi connectivity index (χ0v) is 9.59. The molecule has 0 bridgehead atoms. The largest absolute Gasteiger partial charge is 0.341 e. The summed E-state index contributed by atoms with van der Waals surface area (Å²) in [6.45, 7) is 2.26. The van der Waals surface area contributed by atoms with Crippen LogP contribution in [0.2, 0.25) is 0 Å². The van der Waals surface area contributed by atoms with Gasteiger partial charge in [0, 0.05) is 19.1 Å². The molecule has 5 heteroatoms. The SMILES string of the molecule is S=c1[nH]nc(N2CCCCC2)n1C1CC1. The molecule has 2 fully saturated rings. The lowest BCUT2D eigenvalue weighted by molar-refractivity contribution is 0.554. The highest BCUT2D eigenvalue weighted by molar-refractivity contribution is 7.71. The topological polar surface area (TPSA) is 36.9 Å². The second kappa shape index (κ2) is 3.63. The maximum Gasteiger partial charge on any atom is 0.225 e. The average molecular weight is 224 g/mol. The molecule has 0 unspecified atom stereocenters. The van der Waals surface area contributed by atoms with Crippen molar-refractivity contribution in [3.05, 3.63) is 4.77 Å². The number of aromatic nitrogens is 3. The van der Waals surface area contributed by atoms with Gasteiger partial charge in [0.25, 0.3) is 0 Å². The van der Waals surface area contributed by atoms with Gasteiger partial charge in [-0.05, 0) is 44.3 Å². The molecule has 4 nitrogen and oxygen atoms in total. The number of hydrogen-bond acceptors (Lipinski definition) is 3. The Kier molecular flexibility index (Phi) is 2.27. The number of H-pyrrole nitrogens is 1. The number of rotatable bonds is 2. The van der Waals surface area contributed by atoms with Crippen LogP contribution in [0.5, 0.6) is 0 Å². The average Bonchev–Trinajstić information content (AvgIpc) is 3.03. The molecule has 1 N–H and O–H groups in total. The third-order valence-corrected chi connectivity index (χ3v) is 3.52. The lowest BCUT2D eigenvalue weighted by Gasteiger charge is -2.27. The van der Waals surface area contributed by atoms with Crippen LogP contribution in [-0.4, -0.2) is 27.9 Å². The molecule has 0 radical (unpaired) electrons. The molecule has 1 aliphatic heterocycles. The van der Waals surface area contributed by atoms with Gasteiger partial charge in [0.2, 0.25) is 5.95 Å². The Morgan fingerprint density at radius 1 is 1.20 bits per heavy atom. The summed E-state index contributed by atoms with van der Waals surface area (Å²) in [5, 5.41) is 7.30. The quantitative estimate of drug-likeness (QED) is 0.783. The first kappa shape index (κ1) is 9.39. The Morgan fingerprint density at radius 2 is 1.93 bits per heavy atom. The van der Waals surface area contributed by atoms with Crippen LogP contribution in [0.25, 0.3) is 0 Å². The molecule has 15 heavy (non-hydrogen) atoms. The van der Waals surface area contributed by atoms with Crippen molar-refractivity contribution in [3.8, 4) is 0 Å². The van der Waals surface area contributed by atoms with Gasteiger partial charge in [0.15, 0.2) is 4.77 Å². The fourth-order valence-electron chi connectivity index (χ4n) is 2.28. The van der Waals surface area contributed by atoms with Gasteiger partial charge in [-0.3, -0.25) is 4.57 Å². The molecule has 1 saturated carbocycles. The van der Waals surface area contributed by atoms with E-state index in [4.69, 9.17) is 12.2 Å². The summed E-state index contributed by atoms with van der Waals surface area (Å²) in [7, 11) is 0. The maximum atomic E-state index is 5.28. The van der Waals surface area contributed by atoms with Crippen molar-refractivity contribution in [1.29, 1.82) is 0 Å². The second-order valence-corrected chi connectivity index (χ2v) is 4.86. The van der Waals surface area contributed by atoms with E-state index in [0.717, 1.165) is 23.8 Å². The van der Waals surface area contributed by atoms with Gasteiger partial charge in [-0.15, -0.1) is 5.10 Å². The number of piperidine rings is 1. The van der Waals surface area contributed by atoms with Gasteiger partial charge in [-0.25, -0.2) is 5.10 Å². The Balaban J connectivity index is 1.92. The van der Waals surface area contributed by atoms with Crippen LogP contribution in [-0.2, 0) is 0 Å². The van der Waals surface area contributed by atoms with Crippen molar-refractivity contribution in [2.24, 2.45) is 0 Å². The standard InChI is InChI=1S/C10H16N4S/c15-10-12-11-9(14(10)8-4-5-8)13-6-2-1-3-7-13/h8H,1-7H2,(H,12,15). The van der Waals surface area contributed by atoms with E-state index < -0.39 is 0 Å². The molecule has 1 saturated heterocycles. The summed E-state index contributed by atoms with van der Waals surface area (Å²) in [6, 6.07) is 0.619.